The second kappa shape index (κ2) is 6.83. The molecule has 0 saturated heterocycles. The second-order valence-corrected chi connectivity index (χ2v) is 7.76. The van der Waals surface area contributed by atoms with Crippen molar-refractivity contribution in [3.8, 4) is 0 Å². The fourth-order valence-corrected chi connectivity index (χ4v) is 3.86. The van der Waals surface area contributed by atoms with E-state index in [9.17, 15) is 4.79 Å². The van der Waals surface area contributed by atoms with Gasteiger partial charge < -0.3 is 9.88 Å². The van der Waals surface area contributed by atoms with Gasteiger partial charge in [-0.05, 0) is 38.1 Å². The first-order chi connectivity index (χ1) is 10.7. The molecule has 5 nitrogen and oxygen atoms in total. The van der Waals surface area contributed by atoms with Crippen LogP contribution in [0.2, 0.25) is 0 Å². The molecule has 1 saturated carbocycles. The maximum Gasteiger partial charge on any atom is 0.233 e. The SMILES string of the molecule is CCn1c(S[C@H](C)C(=O)NCc2cccs2)nnc1C1CC1. The molecule has 0 radical (unpaired) electrons. The lowest BCUT2D eigenvalue weighted by atomic mass is 10.4. The predicted molar refractivity (Wildman–Crippen MR) is 89.2 cm³/mol. The van der Waals surface area contributed by atoms with E-state index in [4.69, 9.17) is 0 Å². The van der Waals surface area contributed by atoms with Crippen LogP contribution >= 0.6 is 23.1 Å². The summed E-state index contributed by atoms with van der Waals surface area (Å²) >= 11 is 3.14. The van der Waals surface area contributed by atoms with Gasteiger partial charge in [0.05, 0.1) is 11.8 Å². The van der Waals surface area contributed by atoms with Gasteiger partial charge in [0.1, 0.15) is 5.82 Å². The smallest absolute Gasteiger partial charge is 0.233 e. The van der Waals surface area contributed by atoms with Crippen LogP contribution in [0.4, 0.5) is 0 Å². The van der Waals surface area contributed by atoms with Crippen molar-refractivity contribution >= 4 is 29.0 Å². The van der Waals surface area contributed by atoms with E-state index in [2.05, 4.69) is 27.0 Å². The number of carbonyl (C=O) groups is 1. The van der Waals surface area contributed by atoms with Crippen molar-refractivity contribution in [1.82, 2.24) is 20.1 Å². The molecule has 2 aromatic heterocycles. The fraction of sp³-hybridized carbons (Fsp3) is 0.533. The molecule has 1 aliphatic carbocycles. The summed E-state index contributed by atoms with van der Waals surface area (Å²) in [5.74, 6) is 1.69. The number of hydrogen-bond acceptors (Lipinski definition) is 5. The Morgan fingerprint density at radius 2 is 2.36 bits per heavy atom. The summed E-state index contributed by atoms with van der Waals surface area (Å²) in [7, 11) is 0. The molecule has 2 aromatic rings. The Bertz CT molecular complexity index is 634. The third-order valence-corrected chi connectivity index (χ3v) is 5.63. The molecule has 2 heterocycles. The van der Waals surface area contributed by atoms with Gasteiger partial charge in [0.2, 0.25) is 5.91 Å². The van der Waals surface area contributed by atoms with E-state index >= 15 is 0 Å². The number of thioether (sulfide) groups is 1. The van der Waals surface area contributed by atoms with Crippen molar-refractivity contribution in [2.45, 2.75) is 56.1 Å². The first-order valence-electron chi connectivity index (χ1n) is 7.59. The summed E-state index contributed by atoms with van der Waals surface area (Å²) < 4.78 is 2.14. The van der Waals surface area contributed by atoms with Crippen molar-refractivity contribution in [2.75, 3.05) is 0 Å². The highest BCUT2D eigenvalue weighted by molar-refractivity contribution is 8.00. The van der Waals surface area contributed by atoms with Gasteiger partial charge in [0, 0.05) is 17.3 Å². The average molecular weight is 336 g/mol. The van der Waals surface area contributed by atoms with E-state index in [0.717, 1.165) is 17.5 Å². The van der Waals surface area contributed by atoms with E-state index in [1.807, 2.05) is 24.4 Å². The Kier molecular flexibility index (Phi) is 4.83. The van der Waals surface area contributed by atoms with E-state index in [1.54, 1.807) is 11.3 Å². The summed E-state index contributed by atoms with van der Waals surface area (Å²) in [5, 5.41) is 14.3. The molecule has 1 aliphatic rings. The zero-order valence-electron chi connectivity index (χ0n) is 12.8. The summed E-state index contributed by atoms with van der Waals surface area (Å²) in [6.07, 6.45) is 2.42. The molecule has 3 rings (SSSR count). The van der Waals surface area contributed by atoms with Crippen LogP contribution in [0.3, 0.4) is 0 Å². The molecule has 0 bridgehead atoms. The fourth-order valence-electron chi connectivity index (χ4n) is 2.27. The number of carbonyl (C=O) groups excluding carboxylic acids is 1. The topological polar surface area (TPSA) is 59.8 Å². The first kappa shape index (κ1) is 15.6. The van der Waals surface area contributed by atoms with Crippen molar-refractivity contribution in [3.05, 3.63) is 28.2 Å². The number of aromatic nitrogens is 3. The van der Waals surface area contributed by atoms with Crippen LogP contribution in [0.1, 0.15) is 43.3 Å². The minimum absolute atomic E-state index is 0.0389. The second-order valence-electron chi connectivity index (χ2n) is 5.42. The lowest BCUT2D eigenvalue weighted by molar-refractivity contribution is -0.120. The summed E-state index contributed by atoms with van der Waals surface area (Å²) in [5.41, 5.74) is 0. The van der Waals surface area contributed by atoms with E-state index < -0.39 is 0 Å². The summed E-state index contributed by atoms with van der Waals surface area (Å²) in [6.45, 7) is 5.46. The van der Waals surface area contributed by atoms with Crippen LogP contribution in [0, 0.1) is 0 Å². The normalized spacial score (nSPS) is 15.7. The van der Waals surface area contributed by atoms with Gasteiger partial charge in [-0.3, -0.25) is 4.79 Å². The van der Waals surface area contributed by atoms with Crippen molar-refractivity contribution in [2.24, 2.45) is 0 Å². The monoisotopic (exact) mass is 336 g/mol. The van der Waals surface area contributed by atoms with E-state index in [-0.39, 0.29) is 11.2 Å². The van der Waals surface area contributed by atoms with Crippen molar-refractivity contribution in [3.63, 3.8) is 0 Å². The zero-order chi connectivity index (χ0) is 15.5. The molecule has 1 N–H and O–H groups in total. The Morgan fingerprint density at radius 3 is 3.00 bits per heavy atom. The minimum atomic E-state index is -0.179. The molecule has 0 unspecified atom stereocenters. The Hall–Kier alpha value is -1.34. The molecule has 0 spiro atoms. The summed E-state index contributed by atoms with van der Waals surface area (Å²) in [4.78, 5) is 13.4. The molecule has 0 aliphatic heterocycles. The molecule has 1 fully saturated rings. The number of thiophene rings is 1. The lowest BCUT2D eigenvalue weighted by Gasteiger charge is -2.12. The van der Waals surface area contributed by atoms with Crippen LogP contribution < -0.4 is 5.32 Å². The lowest BCUT2D eigenvalue weighted by Crippen LogP contribution is -2.30. The maximum absolute atomic E-state index is 12.2. The largest absolute Gasteiger partial charge is 0.350 e. The average Bonchev–Trinajstić information content (AvgIpc) is 3.08. The molecule has 1 atom stereocenters. The minimum Gasteiger partial charge on any atom is -0.350 e. The number of rotatable bonds is 7. The van der Waals surface area contributed by atoms with Crippen LogP contribution in [0.15, 0.2) is 22.7 Å². The third-order valence-electron chi connectivity index (χ3n) is 3.67. The van der Waals surface area contributed by atoms with Crippen LogP contribution in [-0.2, 0) is 17.9 Å². The van der Waals surface area contributed by atoms with Crippen LogP contribution in [-0.4, -0.2) is 25.9 Å². The van der Waals surface area contributed by atoms with Crippen molar-refractivity contribution in [1.29, 1.82) is 0 Å². The van der Waals surface area contributed by atoms with Crippen LogP contribution in [0.5, 0.6) is 0 Å². The number of hydrogen-bond donors (Lipinski definition) is 1. The number of amides is 1. The summed E-state index contributed by atoms with van der Waals surface area (Å²) in [6, 6.07) is 4.02. The highest BCUT2D eigenvalue weighted by atomic mass is 32.2. The molecule has 1 amide bonds. The number of nitrogens with one attached hydrogen (secondary N) is 1. The quantitative estimate of drug-likeness (QED) is 0.790. The molecular weight excluding hydrogens is 316 g/mol. The maximum atomic E-state index is 12.2. The zero-order valence-corrected chi connectivity index (χ0v) is 14.4. The Labute approximate surface area is 138 Å². The first-order valence-corrected chi connectivity index (χ1v) is 9.34. The van der Waals surface area contributed by atoms with Gasteiger partial charge in [0.25, 0.3) is 0 Å². The van der Waals surface area contributed by atoms with Gasteiger partial charge >= 0.3 is 0 Å². The molecule has 7 heteroatoms. The van der Waals surface area contributed by atoms with Gasteiger partial charge in [-0.15, -0.1) is 21.5 Å². The Morgan fingerprint density at radius 1 is 1.55 bits per heavy atom. The highest BCUT2D eigenvalue weighted by Gasteiger charge is 2.30. The van der Waals surface area contributed by atoms with Gasteiger partial charge in [-0.25, -0.2) is 0 Å². The van der Waals surface area contributed by atoms with Crippen molar-refractivity contribution < 1.29 is 4.79 Å². The van der Waals surface area contributed by atoms with Gasteiger partial charge in [-0.1, -0.05) is 17.8 Å². The third kappa shape index (κ3) is 3.52. The molecule has 0 aromatic carbocycles. The standard InChI is InChI=1S/C15H20N4OS2/c1-3-19-13(11-6-7-11)17-18-15(19)22-10(2)14(20)16-9-12-5-4-8-21-12/h4-5,8,10-11H,3,6-7,9H2,1-2H3,(H,16,20)/t10-/m1/s1. The van der Waals surface area contributed by atoms with Gasteiger partial charge in [0.15, 0.2) is 5.16 Å². The molecule has 22 heavy (non-hydrogen) atoms. The molecular formula is C15H20N4OS2. The number of nitrogens with zero attached hydrogens (tertiary/aromatic N) is 3. The van der Waals surface area contributed by atoms with E-state index in [1.165, 1.54) is 29.5 Å². The van der Waals surface area contributed by atoms with E-state index in [0.29, 0.717) is 12.5 Å². The van der Waals surface area contributed by atoms with Crippen LogP contribution in [0.25, 0.3) is 0 Å². The highest BCUT2D eigenvalue weighted by Crippen LogP contribution is 2.40. The Balaban J connectivity index is 1.58. The molecule has 118 valence electrons. The predicted octanol–water partition coefficient (Wildman–Crippen LogP) is 3.03. The van der Waals surface area contributed by atoms with Gasteiger partial charge in [-0.2, -0.15) is 0 Å².